The summed E-state index contributed by atoms with van der Waals surface area (Å²) < 4.78 is 18.7. The second kappa shape index (κ2) is 9.70. The minimum atomic E-state index is -0.342. The lowest BCUT2D eigenvalue weighted by Crippen LogP contribution is -2.43. The van der Waals surface area contributed by atoms with E-state index in [1.165, 1.54) is 18.6 Å². The van der Waals surface area contributed by atoms with Crippen molar-refractivity contribution in [2.45, 2.75) is 26.3 Å². The van der Waals surface area contributed by atoms with E-state index in [-0.39, 0.29) is 29.8 Å². The maximum Gasteiger partial charge on any atom is 0.219 e. The first-order valence-electron chi connectivity index (χ1n) is 8.53. The van der Waals surface area contributed by atoms with Crippen molar-refractivity contribution >= 4 is 29.9 Å². The van der Waals surface area contributed by atoms with Crippen molar-refractivity contribution in [3.63, 3.8) is 0 Å². The standard InChI is InChI=1S/C19H23FN4O.HI/c1-14-4-3-9-24(13-14)19(21)23-12-15-7-8-18(22-11-15)25-17-6-2-5-16(20)10-17;/h2,5-8,10-11,14H,3-4,9,12-13H2,1H3,(H2,21,23);1H. The van der Waals surface area contributed by atoms with Gasteiger partial charge in [-0.3, -0.25) is 0 Å². The number of piperidine rings is 1. The van der Waals surface area contributed by atoms with Gasteiger partial charge in [0.1, 0.15) is 11.6 Å². The van der Waals surface area contributed by atoms with Gasteiger partial charge in [-0.1, -0.05) is 19.1 Å². The Morgan fingerprint density at radius 3 is 2.92 bits per heavy atom. The lowest BCUT2D eigenvalue weighted by Gasteiger charge is -2.31. The molecule has 0 aliphatic carbocycles. The van der Waals surface area contributed by atoms with Gasteiger partial charge in [0.25, 0.3) is 0 Å². The van der Waals surface area contributed by atoms with Crippen LogP contribution in [0.15, 0.2) is 47.6 Å². The third-order valence-corrected chi connectivity index (χ3v) is 4.22. The van der Waals surface area contributed by atoms with E-state index in [0.717, 1.165) is 25.1 Å². The minimum absolute atomic E-state index is 0. The topological polar surface area (TPSA) is 63.7 Å². The molecule has 2 aromatic rings. The molecule has 0 spiro atoms. The molecule has 1 saturated heterocycles. The first kappa shape index (κ1) is 20.4. The average Bonchev–Trinajstić information content (AvgIpc) is 2.61. The zero-order valence-corrected chi connectivity index (χ0v) is 17.1. The number of halogens is 2. The van der Waals surface area contributed by atoms with Crippen LogP contribution in [0.3, 0.4) is 0 Å². The third-order valence-electron chi connectivity index (χ3n) is 4.22. The third kappa shape index (κ3) is 5.82. The summed E-state index contributed by atoms with van der Waals surface area (Å²) >= 11 is 0. The van der Waals surface area contributed by atoms with Crippen molar-refractivity contribution in [2.24, 2.45) is 16.6 Å². The molecule has 0 radical (unpaired) electrons. The van der Waals surface area contributed by atoms with Crippen molar-refractivity contribution in [1.29, 1.82) is 0 Å². The number of aromatic nitrogens is 1. The Kier molecular flexibility index (Phi) is 7.62. The number of likely N-dealkylation sites (tertiary alicyclic amines) is 1. The molecule has 2 heterocycles. The van der Waals surface area contributed by atoms with Crippen LogP contribution in [0.1, 0.15) is 25.3 Å². The van der Waals surface area contributed by atoms with E-state index in [1.54, 1.807) is 24.4 Å². The molecule has 7 heteroatoms. The highest BCUT2D eigenvalue weighted by atomic mass is 127. The zero-order chi connectivity index (χ0) is 17.6. The molecule has 1 aliphatic rings. The Hall–Kier alpha value is -1.90. The van der Waals surface area contributed by atoms with Crippen LogP contribution in [-0.2, 0) is 6.54 Å². The maximum atomic E-state index is 13.2. The molecule has 140 valence electrons. The van der Waals surface area contributed by atoms with E-state index in [4.69, 9.17) is 10.5 Å². The highest BCUT2D eigenvalue weighted by Gasteiger charge is 2.17. The van der Waals surface area contributed by atoms with Gasteiger partial charge in [0.2, 0.25) is 5.88 Å². The number of hydrogen-bond acceptors (Lipinski definition) is 3. The summed E-state index contributed by atoms with van der Waals surface area (Å²) in [5.41, 5.74) is 7.04. The molecule has 1 aliphatic heterocycles. The quantitative estimate of drug-likeness (QED) is 0.414. The van der Waals surface area contributed by atoms with Gasteiger partial charge in [-0.2, -0.15) is 0 Å². The molecule has 1 unspecified atom stereocenters. The SMILES string of the molecule is CC1CCCN(C(N)=NCc2ccc(Oc3cccc(F)c3)nc2)C1.I. The minimum Gasteiger partial charge on any atom is -0.439 e. The molecule has 0 amide bonds. The van der Waals surface area contributed by atoms with Crippen LogP contribution in [-0.4, -0.2) is 28.9 Å². The van der Waals surface area contributed by atoms with Gasteiger partial charge in [0, 0.05) is 31.4 Å². The van der Waals surface area contributed by atoms with Gasteiger partial charge < -0.3 is 15.4 Å². The van der Waals surface area contributed by atoms with Gasteiger partial charge in [0.05, 0.1) is 6.54 Å². The maximum absolute atomic E-state index is 13.2. The number of rotatable bonds is 4. The number of benzene rings is 1. The molecular formula is C19H24FIN4O. The Morgan fingerprint density at radius 1 is 1.38 bits per heavy atom. The fourth-order valence-electron chi connectivity index (χ4n) is 2.89. The number of ether oxygens (including phenoxy) is 1. The highest BCUT2D eigenvalue weighted by Crippen LogP contribution is 2.20. The monoisotopic (exact) mass is 470 g/mol. The Bertz CT molecular complexity index is 739. The van der Waals surface area contributed by atoms with Gasteiger partial charge in [0.15, 0.2) is 5.96 Å². The second-order valence-electron chi connectivity index (χ2n) is 6.43. The van der Waals surface area contributed by atoms with Gasteiger partial charge >= 0.3 is 0 Å². The first-order chi connectivity index (χ1) is 12.1. The number of pyridine rings is 1. The van der Waals surface area contributed by atoms with E-state index >= 15 is 0 Å². The predicted octanol–water partition coefficient (Wildman–Crippen LogP) is 4.18. The molecule has 2 N–H and O–H groups in total. The lowest BCUT2D eigenvalue weighted by atomic mass is 10.0. The number of aliphatic imine (C=N–C) groups is 1. The molecule has 3 rings (SSSR count). The molecule has 1 fully saturated rings. The number of guanidine groups is 1. The molecule has 0 saturated carbocycles. The Labute approximate surface area is 170 Å². The van der Waals surface area contributed by atoms with E-state index in [0.29, 0.717) is 30.1 Å². The fourth-order valence-corrected chi connectivity index (χ4v) is 2.89. The lowest BCUT2D eigenvalue weighted by molar-refractivity contribution is 0.270. The fraction of sp³-hybridized carbons (Fsp3) is 0.368. The number of hydrogen-bond donors (Lipinski definition) is 1. The normalized spacial score (nSPS) is 17.5. The Morgan fingerprint density at radius 2 is 2.23 bits per heavy atom. The molecule has 1 aromatic carbocycles. The summed E-state index contributed by atoms with van der Waals surface area (Å²) in [6.07, 6.45) is 4.11. The van der Waals surface area contributed by atoms with Gasteiger partial charge in [-0.25, -0.2) is 14.4 Å². The Balaban J connectivity index is 0.00000243. The zero-order valence-electron chi connectivity index (χ0n) is 14.8. The van der Waals surface area contributed by atoms with Crippen molar-refractivity contribution < 1.29 is 9.13 Å². The summed E-state index contributed by atoms with van der Waals surface area (Å²) in [5.74, 6) is 1.74. The van der Waals surface area contributed by atoms with Crippen LogP contribution in [0.2, 0.25) is 0 Å². The molecule has 26 heavy (non-hydrogen) atoms. The smallest absolute Gasteiger partial charge is 0.219 e. The summed E-state index contributed by atoms with van der Waals surface area (Å²) in [6.45, 7) is 4.65. The van der Waals surface area contributed by atoms with Crippen molar-refractivity contribution in [2.75, 3.05) is 13.1 Å². The van der Waals surface area contributed by atoms with Crippen LogP contribution in [0.4, 0.5) is 4.39 Å². The van der Waals surface area contributed by atoms with Gasteiger partial charge in [-0.05, 0) is 36.5 Å². The predicted molar refractivity (Wildman–Crippen MR) is 111 cm³/mol. The van der Waals surface area contributed by atoms with Crippen LogP contribution < -0.4 is 10.5 Å². The molecule has 1 atom stereocenters. The van der Waals surface area contributed by atoms with Crippen molar-refractivity contribution in [3.8, 4) is 11.6 Å². The van der Waals surface area contributed by atoms with E-state index in [2.05, 4.69) is 21.8 Å². The van der Waals surface area contributed by atoms with Crippen LogP contribution in [0.25, 0.3) is 0 Å². The molecule has 5 nitrogen and oxygen atoms in total. The number of nitrogens with two attached hydrogens (primary N) is 1. The van der Waals surface area contributed by atoms with E-state index in [9.17, 15) is 4.39 Å². The number of nitrogens with zero attached hydrogens (tertiary/aromatic N) is 3. The van der Waals surface area contributed by atoms with Crippen molar-refractivity contribution in [1.82, 2.24) is 9.88 Å². The average molecular weight is 470 g/mol. The van der Waals surface area contributed by atoms with Gasteiger partial charge in [-0.15, -0.1) is 24.0 Å². The van der Waals surface area contributed by atoms with Crippen LogP contribution in [0.5, 0.6) is 11.6 Å². The second-order valence-corrected chi connectivity index (χ2v) is 6.43. The largest absolute Gasteiger partial charge is 0.439 e. The summed E-state index contributed by atoms with van der Waals surface area (Å²) in [5, 5.41) is 0. The summed E-state index contributed by atoms with van der Waals surface area (Å²) in [4.78, 5) is 10.8. The van der Waals surface area contributed by atoms with E-state index < -0.39 is 0 Å². The summed E-state index contributed by atoms with van der Waals surface area (Å²) in [7, 11) is 0. The van der Waals surface area contributed by atoms with Crippen LogP contribution in [0, 0.1) is 11.7 Å². The summed E-state index contributed by atoms with van der Waals surface area (Å²) in [6, 6.07) is 9.60. The van der Waals surface area contributed by atoms with E-state index in [1.807, 2.05) is 6.07 Å². The molecule has 1 aromatic heterocycles. The van der Waals surface area contributed by atoms with Crippen LogP contribution >= 0.6 is 24.0 Å². The highest BCUT2D eigenvalue weighted by molar-refractivity contribution is 14.0. The first-order valence-corrected chi connectivity index (χ1v) is 8.53. The molecular weight excluding hydrogens is 446 g/mol. The molecule has 0 bridgehead atoms. The van der Waals surface area contributed by atoms with Crippen molar-refractivity contribution in [3.05, 3.63) is 54.0 Å².